The Kier molecular flexibility index (Phi) is 7.48. The van der Waals surface area contributed by atoms with Crippen molar-refractivity contribution in [3.05, 3.63) is 63.9 Å². The van der Waals surface area contributed by atoms with Gasteiger partial charge >= 0.3 is 0 Å². The Labute approximate surface area is 213 Å². The Balaban J connectivity index is 1.76. The number of nitrogens with zero attached hydrogens (tertiary/aromatic N) is 1. The van der Waals surface area contributed by atoms with Crippen molar-refractivity contribution in [3.8, 4) is 11.5 Å². The lowest BCUT2D eigenvalue weighted by atomic mass is 9.87. The average Bonchev–Trinajstić information content (AvgIpc) is 2.86. The van der Waals surface area contributed by atoms with Gasteiger partial charge in [0.05, 0.1) is 24.6 Å². The van der Waals surface area contributed by atoms with E-state index in [0.29, 0.717) is 22.6 Å². The largest absolute Gasteiger partial charge is 0.493 e. The van der Waals surface area contributed by atoms with Gasteiger partial charge in [-0.1, -0.05) is 52.2 Å². The van der Waals surface area contributed by atoms with Crippen LogP contribution in [-0.4, -0.2) is 38.0 Å². The van der Waals surface area contributed by atoms with Crippen LogP contribution in [0.25, 0.3) is 10.9 Å². The summed E-state index contributed by atoms with van der Waals surface area (Å²) < 4.78 is 40.2. The summed E-state index contributed by atoms with van der Waals surface area (Å²) in [5, 5.41) is 0.748. The van der Waals surface area contributed by atoms with Crippen LogP contribution in [0, 0.1) is 0 Å². The van der Waals surface area contributed by atoms with Crippen LogP contribution < -0.4 is 15.0 Å². The number of pyridine rings is 1. The number of fused-ring (bicyclic) bond motifs is 1. The number of hydrogen-bond acceptors (Lipinski definition) is 5. The highest BCUT2D eigenvalue weighted by Gasteiger charge is 2.33. The van der Waals surface area contributed by atoms with Gasteiger partial charge in [-0.05, 0) is 48.1 Å². The zero-order chi connectivity index (χ0) is 26.1. The first-order valence-electron chi connectivity index (χ1n) is 12.4. The number of aromatic amines is 1. The van der Waals surface area contributed by atoms with E-state index in [4.69, 9.17) is 9.47 Å². The highest BCUT2D eigenvalue weighted by molar-refractivity contribution is 7.89. The van der Waals surface area contributed by atoms with Crippen molar-refractivity contribution >= 4 is 20.9 Å². The van der Waals surface area contributed by atoms with E-state index in [1.165, 1.54) is 11.4 Å². The molecular formula is C28H36N2O5S. The molecule has 0 aliphatic heterocycles. The molecule has 0 spiro atoms. The van der Waals surface area contributed by atoms with Crippen molar-refractivity contribution in [2.24, 2.45) is 0 Å². The molecule has 0 saturated heterocycles. The number of H-pyrrole nitrogens is 1. The summed E-state index contributed by atoms with van der Waals surface area (Å²) in [6.07, 6.45) is 4.63. The number of aromatic nitrogens is 1. The number of rotatable bonds is 7. The summed E-state index contributed by atoms with van der Waals surface area (Å²) in [6.45, 7) is 6.30. The number of ether oxygens (including phenoxy) is 2. The molecule has 4 rings (SSSR count). The summed E-state index contributed by atoms with van der Waals surface area (Å²) in [4.78, 5) is 16.2. The Morgan fingerprint density at radius 3 is 2.14 bits per heavy atom. The summed E-state index contributed by atoms with van der Waals surface area (Å²) in [7, 11) is -0.726. The zero-order valence-electron chi connectivity index (χ0n) is 21.8. The first-order valence-corrected chi connectivity index (χ1v) is 13.9. The maximum atomic E-state index is 13.9. The smallest absolute Gasteiger partial charge is 0.252 e. The van der Waals surface area contributed by atoms with Gasteiger partial charge in [0.25, 0.3) is 5.56 Å². The molecule has 0 atom stereocenters. The number of methoxy groups -OCH3 is 2. The monoisotopic (exact) mass is 512 g/mol. The van der Waals surface area contributed by atoms with E-state index >= 15 is 0 Å². The van der Waals surface area contributed by atoms with Gasteiger partial charge in [-0.3, -0.25) is 4.79 Å². The molecule has 8 heteroatoms. The third-order valence-corrected chi connectivity index (χ3v) is 8.97. The molecule has 1 saturated carbocycles. The topological polar surface area (TPSA) is 88.7 Å². The molecule has 1 aliphatic carbocycles. The standard InChI is InChI=1S/C28H36N2O5S/c1-28(2,3)21-11-13-23(14-12-21)36(32,33)30(22-9-7-6-8-10-22)18-20-15-19-16-25(34-4)26(35-5)17-24(19)29-27(20)31/h11-17,22H,6-10,18H2,1-5H3,(H,29,31). The predicted octanol–water partition coefficient (Wildman–Crippen LogP) is 5.37. The van der Waals surface area contributed by atoms with E-state index in [2.05, 4.69) is 25.8 Å². The first-order chi connectivity index (χ1) is 17.0. The molecule has 1 aromatic heterocycles. The maximum Gasteiger partial charge on any atom is 0.252 e. The number of nitrogens with one attached hydrogen (secondary N) is 1. The van der Waals surface area contributed by atoms with Crippen LogP contribution in [0.15, 0.2) is 52.2 Å². The van der Waals surface area contributed by atoms with Crippen LogP contribution in [0.4, 0.5) is 0 Å². The van der Waals surface area contributed by atoms with Crippen LogP contribution in [0.1, 0.15) is 64.0 Å². The van der Waals surface area contributed by atoms with E-state index < -0.39 is 10.0 Å². The van der Waals surface area contributed by atoms with Crippen LogP contribution in [0.2, 0.25) is 0 Å². The fraction of sp³-hybridized carbons (Fsp3) is 0.464. The molecule has 0 unspecified atom stereocenters. The van der Waals surface area contributed by atoms with Gasteiger partial charge in [0.15, 0.2) is 11.5 Å². The van der Waals surface area contributed by atoms with Gasteiger partial charge in [-0.15, -0.1) is 0 Å². The van der Waals surface area contributed by atoms with E-state index in [1.54, 1.807) is 37.4 Å². The van der Waals surface area contributed by atoms with Gasteiger partial charge in [-0.25, -0.2) is 8.42 Å². The summed E-state index contributed by atoms with van der Waals surface area (Å²) in [6, 6.07) is 12.3. The van der Waals surface area contributed by atoms with Gasteiger partial charge in [0, 0.05) is 29.6 Å². The lowest BCUT2D eigenvalue weighted by Crippen LogP contribution is -2.42. The second kappa shape index (κ2) is 10.3. The van der Waals surface area contributed by atoms with Crippen molar-refractivity contribution in [1.29, 1.82) is 0 Å². The SMILES string of the molecule is COc1cc2cc(CN(C3CCCCC3)S(=O)(=O)c3ccc(C(C)(C)C)cc3)c(=O)[nH]c2cc1OC. The van der Waals surface area contributed by atoms with E-state index in [9.17, 15) is 13.2 Å². The number of sulfonamides is 1. The normalized spacial score (nSPS) is 15.4. The minimum absolute atomic E-state index is 0.00758. The Morgan fingerprint density at radius 1 is 0.944 bits per heavy atom. The number of benzene rings is 2. The van der Waals surface area contributed by atoms with Gasteiger partial charge in [0.1, 0.15) is 0 Å². The zero-order valence-corrected chi connectivity index (χ0v) is 22.6. The lowest BCUT2D eigenvalue weighted by Gasteiger charge is -2.33. The fourth-order valence-electron chi connectivity index (χ4n) is 4.91. The minimum atomic E-state index is -3.82. The molecule has 1 N–H and O–H groups in total. The maximum absolute atomic E-state index is 13.9. The van der Waals surface area contributed by atoms with Crippen molar-refractivity contribution in [1.82, 2.24) is 9.29 Å². The summed E-state index contributed by atoms with van der Waals surface area (Å²) >= 11 is 0. The Bertz CT molecular complexity index is 1380. The lowest BCUT2D eigenvalue weighted by molar-refractivity contribution is 0.247. The molecule has 1 aliphatic rings. The van der Waals surface area contributed by atoms with Crippen molar-refractivity contribution in [3.63, 3.8) is 0 Å². The Morgan fingerprint density at radius 2 is 1.56 bits per heavy atom. The third kappa shape index (κ3) is 5.30. The molecule has 7 nitrogen and oxygen atoms in total. The van der Waals surface area contributed by atoms with Crippen molar-refractivity contribution < 1.29 is 17.9 Å². The fourth-order valence-corrected chi connectivity index (χ4v) is 6.57. The van der Waals surface area contributed by atoms with Gasteiger partial charge in [0.2, 0.25) is 10.0 Å². The van der Waals surface area contributed by atoms with Crippen LogP contribution in [0.3, 0.4) is 0 Å². The highest BCUT2D eigenvalue weighted by Crippen LogP contribution is 2.33. The first kappa shape index (κ1) is 26.2. The van der Waals surface area contributed by atoms with Crippen molar-refractivity contribution in [2.75, 3.05) is 14.2 Å². The van der Waals surface area contributed by atoms with Crippen molar-refractivity contribution in [2.45, 2.75) is 75.8 Å². The second-order valence-corrected chi connectivity index (χ2v) is 12.4. The van der Waals surface area contributed by atoms with Gasteiger partial charge in [-0.2, -0.15) is 4.31 Å². The molecule has 1 heterocycles. The molecule has 0 amide bonds. The second-order valence-electron chi connectivity index (χ2n) is 10.5. The molecule has 0 bridgehead atoms. The molecule has 36 heavy (non-hydrogen) atoms. The molecule has 3 aromatic rings. The number of hydrogen-bond donors (Lipinski definition) is 1. The predicted molar refractivity (Wildman–Crippen MR) is 142 cm³/mol. The molecule has 2 aromatic carbocycles. The molecular weight excluding hydrogens is 476 g/mol. The molecule has 0 radical (unpaired) electrons. The van der Waals surface area contributed by atoms with Crippen LogP contribution in [0.5, 0.6) is 11.5 Å². The molecule has 194 valence electrons. The quantitative estimate of drug-likeness (QED) is 0.460. The summed E-state index contributed by atoms with van der Waals surface area (Å²) in [5.74, 6) is 1.05. The summed E-state index contributed by atoms with van der Waals surface area (Å²) in [5.41, 5.74) is 1.68. The van der Waals surface area contributed by atoms with Crippen LogP contribution in [-0.2, 0) is 22.0 Å². The van der Waals surface area contributed by atoms with E-state index in [-0.39, 0.29) is 28.5 Å². The van der Waals surface area contributed by atoms with E-state index in [0.717, 1.165) is 43.1 Å². The minimum Gasteiger partial charge on any atom is -0.493 e. The third-order valence-electron chi connectivity index (χ3n) is 7.06. The van der Waals surface area contributed by atoms with E-state index in [1.807, 2.05) is 12.1 Å². The Hall–Kier alpha value is -2.84. The average molecular weight is 513 g/mol. The van der Waals surface area contributed by atoms with Gasteiger partial charge < -0.3 is 14.5 Å². The molecule has 1 fully saturated rings. The highest BCUT2D eigenvalue weighted by atomic mass is 32.2. The van der Waals surface area contributed by atoms with Crippen LogP contribution >= 0.6 is 0 Å².